The average molecular weight is 240 g/mol. The summed E-state index contributed by atoms with van der Waals surface area (Å²) in [5, 5.41) is 3.74. The molecule has 1 rings (SSSR count). The summed E-state index contributed by atoms with van der Waals surface area (Å²) in [6.07, 6.45) is 6.82. The number of hydrogen-bond acceptors (Lipinski definition) is 2. The van der Waals surface area contributed by atoms with E-state index in [4.69, 9.17) is 0 Å². The van der Waals surface area contributed by atoms with Gasteiger partial charge in [0.15, 0.2) is 0 Å². The first kappa shape index (κ1) is 15.0. The first-order chi connectivity index (χ1) is 8.07. The third-order valence-electron chi connectivity index (χ3n) is 4.32. The molecule has 1 N–H and O–H groups in total. The van der Waals surface area contributed by atoms with E-state index in [1.54, 1.807) is 0 Å². The molecule has 2 heteroatoms. The minimum Gasteiger partial charge on any atom is -0.314 e. The van der Waals surface area contributed by atoms with Gasteiger partial charge >= 0.3 is 0 Å². The highest BCUT2D eigenvalue weighted by atomic mass is 15.1. The molecule has 0 spiro atoms. The molecule has 17 heavy (non-hydrogen) atoms. The first-order valence-electron chi connectivity index (χ1n) is 7.53. The van der Waals surface area contributed by atoms with Gasteiger partial charge in [-0.3, -0.25) is 0 Å². The smallest absolute Gasteiger partial charge is 0.00674 e. The van der Waals surface area contributed by atoms with Crippen molar-refractivity contribution < 1.29 is 0 Å². The van der Waals surface area contributed by atoms with E-state index in [0.29, 0.717) is 5.41 Å². The summed E-state index contributed by atoms with van der Waals surface area (Å²) in [5.74, 6) is 0. The van der Waals surface area contributed by atoms with E-state index >= 15 is 0 Å². The largest absolute Gasteiger partial charge is 0.314 e. The molecule has 0 radical (unpaired) electrons. The van der Waals surface area contributed by atoms with Gasteiger partial charge in [-0.1, -0.05) is 27.7 Å². The van der Waals surface area contributed by atoms with Crippen molar-refractivity contribution >= 4 is 0 Å². The molecular weight excluding hydrogens is 208 g/mol. The first-order valence-corrected chi connectivity index (χ1v) is 7.53. The second-order valence-corrected chi connectivity index (χ2v) is 6.27. The molecule has 0 saturated heterocycles. The van der Waals surface area contributed by atoms with E-state index in [1.165, 1.54) is 58.3 Å². The van der Waals surface area contributed by atoms with Crippen LogP contribution in [-0.2, 0) is 0 Å². The number of rotatable bonds is 7. The summed E-state index contributed by atoms with van der Waals surface area (Å²) in [4.78, 5) is 2.51. The molecule has 1 aliphatic rings. The van der Waals surface area contributed by atoms with Crippen molar-refractivity contribution in [2.24, 2.45) is 5.41 Å². The molecule has 0 aliphatic heterocycles. The summed E-state index contributed by atoms with van der Waals surface area (Å²) in [7, 11) is 0. The highest BCUT2D eigenvalue weighted by Crippen LogP contribution is 2.34. The van der Waals surface area contributed by atoms with E-state index in [9.17, 15) is 0 Å². The van der Waals surface area contributed by atoms with Crippen LogP contribution in [-0.4, -0.2) is 37.1 Å². The van der Waals surface area contributed by atoms with Gasteiger partial charge in [0.2, 0.25) is 0 Å². The topological polar surface area (TPSA) is 15.3 Å². The molecule has 0 amide bonds. The monoisotopic (exact) mass is 240 g/mol. The Kier molecular flexibility index (Phi) is 6.50. The van der Waals surface area contributed by atoms with E-state index < -0.39 is 0 Å². The van der Waals surface area contributed by atoms with E-state index in [2.05, 4.69) is 37.9 Å². The third kappa shape index (κ3) is 5.87. The fourth-order valence-electron chi connectivity index (χ4n) is 2.75. The second kappa shape index (κ2) is 7.38. The zero-order chi connectivity index (χ0) is 12.7. The average Bonchev–Trinajstić information content (AvgIpc) is 2.31. The maximum atomic E-state index is 3.74. The molecule has 1 fully saturated rings. The highest BCUT2D eigenvalue weighted by Gasteiger charge is 2.26. The normalized spacial score (nSPS) is 21.0. The van der Waals surface area contributed by atoms with Crippen LogP contribution >= 0.6 is 0 Å². The molecule has 102 valence electrons. The predicted octanol–water partition coefficient (Wildman–Crippen LogP) is 3.28. The number of hydrogen-bond donors (Lipinski definition) is 1. The molecule has 0 aromatic heterocycles. The van der Waals surface area contributed by atoms with Crippen LogP contribution in [0.2, 0.25) is 0 Å². The lowest BCUT2D eigenvalue weighted by Gasteiger charge is -2.34. The maximum Gasteiger partial charge on any atom is 0.00674 e. The van der Waals surface area contributed by atoms with Crippen LogP contribution in [0.15, 0.2) is 0 Å². The number of nitrogens with one attached hydrogen (secondary N) is 1. The molecule has 2 nitrogen and oxygen atoms in total. The minimum absolute atomic E-state index is 0.597. The minimum atomic E-state index is 0.597. The van der Waals surface area contributed by atoms with Gasteiger partial charge in [-0.25, -0.2) is 0 Å². The molecule has 0 unspecified atom stereocenters. The van der Waals surface area contributed by atoms with Gasteiger partial charge in [-0.15, -0.1) is 0 Å². The van der Waals surface area contributed by atoms with Crippen molar-refractivity contribution in [1.29, 1.82) is 0 Å². The van der Waals surface area contributed by atoms with Gasteiger partial charge in [-0.05, 0) is 63.7 Å². The van der Waals surface area contributed by atoms with Crippen LogP contribution in [0.4, 0.5) is 0 Å². The summed E-state index contributed by atoms with van der Waals surface area (Å²) < 4.78 is 0. The Morgan fingerprint density at radius 2 is 1.71 bits per heavy atom. The summed E-state index contributed by atoms with van der Waals surface area (Å²) in [6, 6.07) is 0.791. The molecule has 1 saturated carbocycles. The van der Waals surface area contributed by atoms with Crippen molar-refractivity contribution in [2.75, 3.05) is 26.2 Å². The van der Waals surface area contributed by atoms with Crippen LogP contribution in [0.5, 0.6) is 0 Å². The van der Waals surface area contributed by atoms with Gasteiger partial charge in [0, 0.05) is 6.04 Å². The molecule has 0 atom stereocenters. The predicted molar refractivity (Wildman–Crippen MR) is 76.4 cm³/mol. The zero-order valence-electron chi connectivity index (χ0n) is 12.4. The standard InChI is InChI=1S/C15H32N2/c1-5-17(6-2)13-7-12-16-14-8-10-15(3,4)11-9-14/h14,16H,5-13H2,1-4H3. The van der Waals surface area contributed by atoms with Gasteiger partial charge in [0.05, 0.1) is 0 Å². The highest BCUT2D eigenvalue weighted by molar-refractivity contribution is 4.81. The fourth-order valence-corrected chi connectivity index (χ4v) is 2.75. The molecule has 0 aromatic rings. The van der Waals surface area contributed by atoms with Gasteiger partial charge in [0.1, 0.15) is 0 Å². The van der Waals surface area contributed by atoms with Crippen LogP contribution in [0.25, 0.3) is 0 Å². The van der Waals surface area contributed by atoms with Crippen molar-refractivity contribution in [3.8, 4) is 0 Å². The Labute approximate surface area is 108 Å². The van der Waals surface area contributed by atoms with Crippen molar-refractivity contribution in [3.05, 3.63) is 0 Å². The molecule has 0 bridgehead atoms. The van der Waals surface area contributed by atoms with Crippen LogP contribution in [0.1, 0.15) is 59.8 Å². The lowest BCUT2D eigenvalue weighted by molar-refractivity contribution is 0.204. The van der Waals surface area contributed by atoms with Crippen LogP contribution in [0, 0.1) is 5.41 Å². The SMILES string of the molecule is CCN(CC)CCCNC1CCC(C)(C)CC1. The Morgan fingerprint density at radius 3 is 2.24 bits per heavy atom. The van der Waals surface area contributed by atoms with Crippen molar-refractivity contribution in [1.82, 2.24) is 10.2 Å². The Balaban J connectivity index is 2.04. The summed E-state index contributed by atoms with van der Waals surface area (Å²) in [6.45, 7) is 14.1. The van der Waals surface area contributed by atoms with Crippen molar-refractivity contribution in [2.45, 2.75) is 65.8 Å². The number of nitrogens with zero attached hydrogens (tertiary/aromatic N) is 1. The third-order valence-corrected chi connectivity index (χ3v) is 4.32. The summed E-state index contributed by atoms with van der Waals surface area (Å²) in [5.41, 5.74) is 0.597. The maximum absolute atomic E-state index is 3.74. The van der Waals surface area contributed by atoms with Gasteiger partial charge in [-0.2, -0.15) is 0 Å². The molecule has 1 aliphatic carbocycles. The Morgan fingerprint density at radius 1 is 1.12 bits per heavy atom. The van der Waals surface area contributed by atoms with Crippen LogP contribution < -0.4 is 5.32 Å². The Bertz CT molecular complexity index is 187. The second-order valence-electron chi connectivity index (χ2n) is 6.27. The van der Waals surface area contributed by atoms with Gasteiger partial charge in [0.25, 0.3) is 0 Å². The molecule has 0 aromatic carbocycles. The van der Waals surface area contributed by atoms with Crippen LogP contribution in [0.3, 0.4) is 0 Å². The van der Waals surface area contributed by atoms with Gasteiger partial charge < -0.3 is 10.2 Å². The lowest BCUT2D eigenvalue weighted by Crippen LogP contribution is -2.37. The summed E-state index contributed by atoms with van der Waals surface area (Å²) >= 11 is 0. The van der Waals surface area contributed by atoms with Crippen molar-refractivity contribution in [3.63, 3.8) is 0 Å². The van der Waals surface area contributed by atoms with E-state index in [0.717, 1.165) is 6.04 Å². The zero-order valence-corrected chi connectivity index (χ0v) is 12.4. The fraction of sp³-hybridized carbons (Fsp3) is 1.00. The molecular formula is C15H32N2. The Hall–Kier alpha value is -0.0800. The molecule has 0 heterocycles. The van der Waals surface area contributed by atoms with E-state index in [-0.39, 0.29) is 0 Å². The van der Waals surface area contributed by atoms with E-state index in [1.807, 2.05) is 0 Å². The lowest BCUT2D eigenvalue weighted by atomic mass is 9.75. The quantitative estimate of drug-likeness (QED) is 0.687.